The Kier molecular flexibility index (Phi) is 5.71. The predicted molar refractivity (Wildman–Crippen MR) is 86.5 cm³/mol. The molecule has 1 aromatic carbocycles. The van der Waals surface area contributed by atoms with Crippen molar-refractivity contribution in [2.75, 3.05) is 20.1 Å². The number of benzene rings is 1. The van der Waals surface area contributed by atoms with Gasteiger partial charge in [0.25, 0.3) is 0 Å². The molecule has 3 nitrogen and oxygen atoms in total. The summed E-state index contributed by atoms with van der Waals surface area (Å²) >= 11 is 3.61. The molecule has 1 heterocycles. The molecule has 0 radical (unpaired) electrons. The van der Waals surface area contributed by atoms with Crippen LogP contribution in [0.25, 0.3) is 0 Å². The maximum atomic E-state index is 5.97. The Bertz CT molecular complexity index is 530. The van der Waals surface area contributed by atoms with Crippen LogP contribution < -0.4 is 5.73 Å². The lowest BCUT2D eigenvalue weighted by atomic mass is 10.1. The first-order chi connectivity index (χ1) is 9.72. The van der Waals surface area contributed by atoms with E-state index in [0.29, 0.717) is 6.54 Å². The van der Waals surface area contributed by atoms with Gasteiger partial charge >= 0.3 is 0 Å². The fourth-order valence-electron chi connectivity index (χ4n) is 2.30. The Morgan fingerprint density at radius 2 is 1.90 bits per heavy atom. The Morgan fingerprint density at radius 1 is 1.20 bits per heavy atom. The number of likely N-dealkylation sites (N-methyl/N-ethyl adjacent to an activating group) is 1. The predicted octanol–water partition coefficient (Wildman–Crippen LogP) is 3.02. The smallest absolute Gasteiger partial charge is 0.0478 e. The second-order valence-corrected chi connectivity index (χ2v) is 5.71. The lowest BCUT2D eigenvalue weighted by molar-refractivity contribution is 0.252. The maximum absolute atomic E-state index is 5.97. The first kappa shape index (κ1) is 15.2. The molecule has 0 aliphatic carbocycles. The van der Waals surface area contributed by atoms with Crippen molar-refractivity contribution in [3.63, 3.8) is 0 Å². The van der Waals surface area contributed by atoms with Crippen LogP contribution in [0.2, 0.25) is 0 Å². The number of hydrogen-bond acceptors (Lipinski definition) is 3. The fourth-order valence-corrected chi connectivity index (χ4v) is 2.85. The molecule has 0 saturated carbocycles. The van der Waals surface area contributed by atoms with Gasteiger partial charge in [-0.2, -0.15) is 0 Å². The zero-order valence-electron chi connectivity index (χ0n) is 11.7. The highest BCUT2D eigenvalue weighted by atomic mass is 79.9. The summed E-state index contributed by atoms with van der Waals surface area (Å²) in [5.74, 6) is 0. The third-order valence-corrected chi connectivity index (χ3v) is 4.24. The van der Waals surface area contributed by atoms with E-state index in [9.17, 15) is 0 Å². The largest absolute Gasteiger partial charge is 0.329 e. The summed E-state index contributed by atoms with van der Waals surface area (Å²) in [4.78, 5) is 6.35. The first-order valence-corrected chi connectivity index (χ1v) is 7.55. The molecule has 0 spiro atoms. The summed E-state index contributed by atoms with van der Waals surface area (Å²) in [6, 6.07) is 12.6. The molecule has 2 aromatic rings. The Hall–Kier alpha value is -1.23. The van der Waals surface area contributed by atoms with E-state index in [1.807, 2.05) is 18.5 Å². The minimum absolute atomic E-state index is 0.229. The van der Waals surface area contributed by atoms with E-state index in [1.165, 1.54) is 11.1 Å². The van der Waals surface area contributed by atoms with E-state index < -0.39 is 0 Å². The quantitative estimate of drug-likeness (QED) is 0.883. The third kappa shape index (κ3) is 3.88. The van der Waals surface area contributed by atoms with Gasteiger partial charge in [0, 0.05) is 36.0 Å². The molecule has 2 N–H and O–H groups in total. The monoisotopic (exact) mass is 333 g/mol. The second-order valence-electron chi connectivity index (χ2n) is 4.86. The molecular formula is C16H20BrN3. The minimum Gasteiger partial charge on any atom is -0.329 e. The van der Waals surface area contributed by atoms with Crippen molar-refractivity contribution < 1.29 is 0 Å². The van der Waals surface area contributed by atoms with Gasteiger partial charge in [-0.05, 0) is 42.8 Å². The van der Waals surface area contributed by atoms with Gasteiger partial charge in [0.05, 0.1) is 0 Å². The second kappa shape index (κ2) is 7.53. The van der Waals surface area contributed by atoms with E-state index >= 15 is 0 Å². The first-order valence-electron chi connectivity index (χ1n) is 6.76. The third-order valence-electron chi connectivity index (χ3n) is 3.52. The number of rotatable bonds is 6. The van der Waals surface area contributed by atoms with E-state index in [-0.39, 0.29) is 6.04 Å². The average molecular weight is 334 g/mol. The van der Waals surface area contributed by atoms with Gasteiger partial charge < -0.3 is 5.73 Å². The molecule has 0 aliphatic rings. The van der Waals surface area contributed by atoms with Crippen molar-refractivity contribution in [2.45, 2.75) is 12.5 Å². The Morgan fingerprint density at radius 3 is 2.55 bits per heavy atom. The lowest BCUT2D eigenvalue weighted by Crippen LogP contribution is -2.32. The van der Waals surface area contributed by atoms with Gasteiger partial charge in [0.1, 0.15) is 0 Å². The van der Waals surface area contributed by atoms with Crippen molar-refractivity contribution in [1.82, 2.24) is 9.88 Å². The molecule has 0 bridgehead atoms. The Labute approximate surface area is 129 Å². The highest BCUT2D eigenvalue weighted by molar-refractivity contribution is 9.10. The summed E-state index contributed by atoms with van der Waals surface area (Å²) in [5.41, 5.74) is 8.51. The van der Waals surface area contributed by atoms with E-state index in [2.05, 4.69) is 63.2 Å². The number of pyridine rings is 1. The number of aromatic nitrogens is 1. The Balaban J connectivity index is 2.03. The summed E-state index contributed by atoms with van der Waals surface area (Å²) in [6.45, 7) is 1.57. The van der Waals surface area contributed by atoms with Crippen LogP contribution in [-0.2, 0) is 6.42 Å². The molecule has 1 unspecified atom stereocenters. The van der Waals surface area contributed by atoms with Crippen LogP contribution in [0.4, 0.5) is 0 Å². The van der Waals surface area contributed by atoms with Crippen molar-refractivity contribution in [3.05, 3.63) is 64.4 Å². The topological polar surface area (TPSA) is 42.2 Å². The maximum Gasteiger partial charge on any atom is 0.0478 e. The highest BCUT2D eigenvalue weighted by Gasteiger charge is 2.17. The minimum atomic E-state index is 0.229. The van der Waals surface area contributed by atoms with Crippen LogP contribution in [0.3, 0.4) is 0 Å². The summed E-state index contributed by atoms with van der Waals surface area (Å²) in [7, 11) is 2.12. The van der Waals surface area contributed by atoms with Gasteiger partial charge in [0.2, 0.25) is 0 Å². The lowest BCUT2D eigenvalue weighted by Gasteiger charge is -2.28. The SMILES string of the molecule is CN(CCc1ccncc1)C(CN)c1ccccc1Br. The highest BCUT2D eigenvalue weighted by Crippen LogP contribution is 2.26. The molecule has 1 aromatic heterocycles. The van der Waals surface area contributed by atoms with Crippen LogP contribution in [0.1, 0.15) is 17.2 Å². The van der Waals surface area contributed by atoms with Crippen LogP contribution in [0, 0.1) is 0 Å². The molecule has 106 valence electrons. The van der Waals surface area contributed by atoms with Crippen molar-refractivity contribution in [1.29, 1.82) is 0 Å². The normalized spacial score (nSPS) is 12.6. The molecular weight excluding hydrogens is 314 g/mol. The summed E-state index contributed by atoms with van der Waals surface area (Å²) in [6.07, 6.45) is 4.67. The molecule has 4 heteroatoms. The van der Waals surface area contributed by atoms with Crippen molar-refractivity contribution in [3.8, 4) is 0 Å². The standard InChI is InChI=1S/C16H20BrN3/c1-20(11-8-13-6-9-19-10-7-13)16(12-18)14-4-2-3-5-15(14)17/h2-7,9-10,16H,8,11-12,18H2,1H3. The molecule has 0 fully saturated rings. The van der Waals surface area contributed by atoms with E-state index in [0.717, 1.165) is 17.4 Å². The van der Waals surface area contributed by atoms with Gasteiger partial charge in [-0.15, -0.1) is 0 Å². The van der Waals surface area contributed by atoms with Crippen LogP contribution >= 0.6 is 15.9 Å². The van der Waals surface area contributed by atoms with Gasteiger partial charge in [-0.3, -0.25) is 9.88 Å². The average Bonchev–Trinajstić information content (AvgIpc) is 2.49. The van der Waals surface area contributed by atoms with Gasteiger partial charge in [0.15, 0.2) is 0 Å². The zero-order chi connectivity index (χ0) is 14.4. The molecule has 20 heavy (non-hydrogen) atoms. The number of nitrogens with zero attached hydrogens (tertiary/aromatic N) is 2. The van der Waals surface area contributed by atoms with Crippen LogP contribution in [-0.4, -0.2) is 30.0 Å². The van der Waals surface area contributed by atoms with Crippen LogP contribution in [0.15, 0.2) is 53.3 Å². The van der Waals surface area contributed by atoms with Gasteiger partial charge in [-0.1, -0.05) is 34.1 Å². The molecule has 0 aliphatic heterocycles. The summed E-state index contributed by atoms with van der Waals surface area (Å²) < 4.78 is 1.12. The zero-order valence-corrected chi connectivity index (χ0v) is 13.3. The molecule has 2 rings (SSSR count). The summed E-state index contributed by atoms with van der Waals surface area (Å²) in [5, 5.41) is 0. The number of nitrogens with two attached hydrogens (primary N) is 1. The van der Waals surface area contributed by atoms with Crippen LogP contribution in [0.5, 0.6) is 0 Å². The van der Waals surface area contributed by atoms with E-state index in [1.54, 1.807) is 0 Å². The van der Waals surface area contributed by atoms with Gasteiger partial charge in [-0.25, -0.2) is 0 Å². The fraction of sp³-hybridized carbons (Fsp3) is 0.312. The van der Waals surface area contributed by atoms with Crippen molar-refractivity contribution >= 4 is 15.9 Å². The van der Waals surface area contributed by atoms with E-state index in [4.69, 9.17) is 5.73 Å². The molecule has 1 atom stereocenters. The van der Waals surface area contributed by atoms with Crippen molar-refractivity contribution in [2.24, 2.45) is 5.73 Å². The number of hydrogen-bond donors (Lipinski definition) is 1. The molecule has 0 amide bonds. The molecule has 0 saturated heterocycles. The number of halogens is 1.